The van der Waals surface area contributed by atoms with Crippen LogP contribution in [0.2, 0.25) is 0 Å². The van der Waals surface area contributed by atoms with E-state index in [0.717, 1.165) is 25.7 Å². The lowest BCUT2D eigenvalue weighted by Crippen LogP contribution is -2.11. The highest BCUT2D eigenvalue weighted by atomic mass is 16.6. The number of rotatable bonds is 8. The molecule has 1 aliphatic heterocycles. The zero-order chi connectivity index (χ0) is 9.52. The monoisotopic (exact) mass is 186 g/mol. The average molecular weight is 186 g/mol. The molecule has 13 heavy (non-hydrogen) atoms. The summed E-state index contributed by atoms with van der Waals surface area (Å²) in [7, 11) is 0. The molecule has 1 unspecified atom stereocenters. The minimum atomic E-state index is 0.420. The van der Waals surface area contributed by atoms with Gasteiger partial charge in [-0.25, -0.2) is 0 Å². The van der Waals surface area contributed by atoms with Crippen molar-refractivity contribution in [2.45, 2.75) is 45.6 Å². The molecule has 0 aromatic carbocycles. The minimum Gasteiger partial charge on any atom is -0.378 e. The maximum absolute atomic E-state index is 5.58. The van der Waals surface area contributed by atoms with Gasteiger partial charge in [-0.15, -0.1) is 0 Å². The first-order chi connectivity index (χ1) is 6.36. The predicted octanol–water partition coefficient (Wildman–Crippen LogP) is 2.62. The van der Waals surface area contributed by atoms with Gasteiger partial charge in [-0.3, -0.25) is 0 Å². The SMILES string of the molecule is CCCCC(CC)COC[C@@H]1CO1. The summed E-state index contributed by atoms with van der Waals surface area (Å²) in [6.45, 7) is 7.13. The molecule has 1 saturated heterocycles. The van der Waals surface area contributed by atoms with E-state index in [4.69, 9.17) is 9.47 Å². The van der Waals surface area contributed by atoms with Crippen LogP contribution in [0.1, 0.15) is 39.5 Å². The van der Waals surface area contributed by atoms with Gasteiger partial charge in [0, 0.05) is 6.61 Å². The first-order valence-corrected chi connectivity index (χ1v) is 5.56. The summed E-state index contributed by atoms with van der Waals surface area (Å²) >= 11 is 0. The number of hydrogen-bond acceptors (Lipinski definition) is 2. The Morgan fingerprint density at radius 2 is 2.23 bits per heavy atom. The van der Waals surface area contributed by atoms with Crippen LogP contribution < -0.4 is 0 Å². The summed E-state index contributed by atoms with van der Waals surface area (Å²) in [5.74, 6) is 0.763. The summed E-state index contributed by atoms with van der Waals surface area (Å²) in [4.78, 5) is 0. The Labute approximate surface area is 81.6 Å². The van der Waals surface area contributed by atoms with Crippen LogP contribution in [0.25, 0.3) is 0 Å². The first kappa shape index (κ1) is 11.0. The highest BCUT2D eigenvalue weighted by Crippen LogP contribution is 2.14. The van der Waals surface area contributed by atoms with Gasteiger partial charge in [-0.1, -0.05) is 33.1 Å². The van der Waals surface area contributed by atoms with E-state index < -0.39 is 0 Å². The van der Waals surface area contributed by atoms with Crippen molar-refractivity contribution >= 4 is 0 Å². The molecule has 0 bridgehead atoms. The normalized spacial score (nSPS) is 23.1. The molecule has 0 spiro atoms. The Balaban J connectivity index is 1.93. The lowest BCUT2D eigenvalue weighted by atomic mass is 10.0. The number of epoxide rings is 1. The van der Waals surface area contributed by atoms with E-state index in [1.807, 2.05) is 0 Å². The highest BCUT2D eigenvalue weighted by molar-refractivity contribution is 4.67. The van der Waals surface area contributed by atoms with Crippen molar-refractivity contribution in [2.24, 2.45) is 5.92 Å². The van der Waals surface area contributed by atoms with Gasteiger partial charge in [0.15, 0.2) is 0 Å². The second kappa shape index (κ2) is 6.39. The Bertz CT molecular complexity index is 121. The van der Waals surface area contributed by atoms with Gasteiger partial charge in [0.2, 0.25) is 0 Å². The first-order valence-electron chi connectivity index (χ1n) is 5.56. The second-order valence-corrected chi connectivity index (χ2v) is 3.91. The molecule has 0 saturated carbocycles. The molecule has 1 heterocycles. The fourth-order valence-corrected chi connectivity index (χ4v) is 1.43. The Kier molecular flexibility index (Phi) is 5.40. The van der Waals surface area contributed by atoms with E-state index >= 15 is 0 Å². The van der Waals surface area contributed by atoms with Crippen LogP contribution >= 0.6 is 0 Å². The maximum Gasteiger partial charge on any atom is 0.104 e. The molecule has 2 heteroatoms. The largest absolute Gasteiger partial charge is 0.378 e. The van der Waals surface area contributed by atoms with Crippen molar-refractivity contribution in [3.05, 3.63) is 0 Å². The second-order valence-electron chi connectivity index (χ2n) is 3.91. The molecule has 2 nitrogen and oxygen atoms in total. The number of ether oxygens (including phenoxy) is 2. The van der Waals surface area contributed by atoms with Crippen LogP contribution in [-0.4, -0.2) is 25.9 Å². The van der Waals surface area contributed by atoms with Crippen LogP contribution in [-0.2, 0) is 9.47 Å². The van der Waals surface area contributed by atoms with Crippen molar-refractivity contribution in [1.82, 2.24) is 0 Å². The summed E-state index contributed by atoms with van der Waals surface area (Å²) in [6.07, 6.45) is 5.61. The zero-order valence-electron chi connectivity index (χ0n) is 8.92. The van der Waals surface area contributed by atoms with Crippen molar-refractivity contribution in [3.63, 3.8) is 0 Å². The van der Waals surface area contributed by atoms with Gasteiger partial charge in [-0.05, 0) is 12.3 Å². The average Bonchev–Trinajstić information content (AvgIpc) is 2.94. The molecule has 0 radical (unpaired) electrons. The maximum atomic E-state index is 5.58. The van der Waals surface area contributed by atoms with E-state index in [2.05, 4.69) is 13.8 Å². The fourth-order valence-electron chi connectivity index (χ4n) is 1.43. The van der Waals surface area contributed by atoms with Gasteiger partial charge >= 0.3 is 0 Å². The van der Waals surface area contributed by atoms with Gasteiger partial charge in [0.25, 0.3) is 0 Å². The van der Waals surface area contributed by atoms with Crippen LogP contribution in [0.15, 0.2) is 0 Å². The van der Waals surface area contributed by atoms with Crippen molar-refractivity contribution in [1.29, 1.82) is 0 Å². The molecular formula is C11H22O2. The lowest BCUT2D eigenvalue weighted by molar-refractivity contribution is 0.0813. The summed E-state index contributed by atoms with van der Waals surface area (Å²) in [5.41, 5.74) is 0. The van der Waals surface area contributed by atoms with E-state index in [0.29, 0.717) is 6.10 Å². The molecule has 0 amide bonds. The Morgan fingerprint density at radius 1 is 1.46 bits per heavy atom. The number of unbranched alkanes of at least 4 members (excludes halogenated alkanes) is 1. The third-order valence-corrected chi connectivity index (χ3v) is 2.60. The Hall–Kier alpha value is -0.0800. The molecule has 1 rings (SSSR count). The molecule has 0 aromatic rings. The van der Waals surface area contributed by atoms with Gasteiger partial charge in [0.05, 0.1) is 13.2 Å². The predicted molar refractivity (Wildman–Crippen MR) is 53.9 cm³/mol. The highest BCUT2D eigenvalue weighted by Gasteiger charge is 2.22. The molecular weight excluding hydrogens is 164 g/mol. The third-order valence-electron chi connectivity index (χ3n) is 2.60. The third kappa shape index (κ3) is 5.27. The van der Waals surface area contributed by atoms with E-state index in [9.17, 15) is 0 Å². The van der Waals surface area contributed by atoms with Gasteiger partial charge in [-0.2, -0.15) is 0 Å². The molecule has 1 fully saturated rings. The van der Waals surface area contributed by atoms with Crippen LogP contribution in [0, 0.1) is 5.92 Å². The van der Waals surface area contributed by atoms with E-state index in [-0.39, 0.29) is 0 Å². The molecule has 1 aliphatic rings. The van der Waals surface area contributed by atoms with Crippen molar-refractivity contribution < 1.29 is 9.47 Å². The Morgan fingerprint density at radius 3 is 2.77 bits per heavy atom. The fraction of sp³-hybridized carbons (Fsp3) is 1.00. The van der Waals surface area contributed by atoms with Crippen molar-refractivity contribution in [3.8, 4) is 0 Å². The smallest absolute Gasteiger partial charge is 0.104 e. The quantitative estimate of drug-likeness (QED) is 0.543. The zero-order valence-corrected chi connectivity index (χ0v) is 8.92. The topological polar surface area (TPSA) is 21.8 Å². The van der Waals surface area contributed by atoms with Crippen LogP contribution in [0.3, 0.4) is 0 Å². The molecule has 78 valence electrons. The lowest BCUT2D eigenvalue weighted by Gasteiger charge is -2.13. The van der Waals surface area contributed by atoms with Crippen LogP contribution in [0.5, 0.6) is 0 Å². The van der Waals surface area contributed by atoms with Crippen molar-refractivity contribution in [2.75, 3.05) is 19.8 Å². The summed E-state index contributed by atoms with van der Waals surface area (Å²) in [5, 5.41) is 0. The summed E-state index contributed by atoms with van der Waals surface area (Å²) in [6, 6.07) is 0. The van der Waals surface area contributed by atoms with E-state index in [1.54, 1.807) is 0 Å². The molecule has 0 aliphatic carbocycles. The van der Waals surface area contributed by atoms with E-state index in [1.165, 1.54) is 25.7 Å². The molecule has 2 atom stereocenters. The summed E-state index contributed by atoms with van der Waals surface area (Å²) < 4.78 is 10.7. The molecule has 0 N–H and O–H groups in total. The standard InChI is InChI=1S/C11H22O2/c1-3-5-6-10(4-2)7-12-8-11-9-13-11/h10-11H,3-9H2,1-2H3/t10?,11-/m1/s1. The van der Waals surface area contributed by atoms with Crippen LogP contribution in [0.4, 0.5) is 0 Å². The minimum absolute atomic E-state index is 0.420. The molecule has 0 aromatic heterocycles. The van der Waals surface area contributed by atoms with Gasteiger partial charge < -0.3 is 9.47 Å². The number of hydrogen-bond donors (Lipinski definition) is 0. The van der Waals surface area contributed by atoms with Gasteiger partial charge in [0.1, 0.15) is 6.10 Å².